The number of ether oxygens (including phenoxy) is 2. The highest BCUT2D eigenvalue weighted by Gasteiger charge is 2.20. The van der Waals surface area contributed by atoms with E-state index < -0.39 is 5.97 Å². The van der Waals surface area contributed by atoms with Crippen molar-refractivity contribution in [3.63, 3.8) is 0 Å². The molecular weight excluding hydrogens is 466 g/mol. The van der Waals surface area contributed by atoms with Gasteiger partial charge in [-0.15, -0.1) is 0 Å². The number of anilines is 1. The highest BCUT2D eigenvalue weighted by molar-refractivity contribution is 6.05. The zero-order chi connectivity index (χ0) is 26.9. The summed E-state index contributed by atoms with van der Waals surface area (Å²) in [4.78, 5) is 23.9. The fourth-order valence-electron chi connectivity index (χ4n) is 4.65. The summed E-state index contributed by atoms with van der Waals surface area (Å²) in [5, 5.41) is 11.9. The number of aliphatic carboxylic acids is 1. The van der Waals surface area contributed by atoms with Crippen LogP contribution in [-0.2, 0) is 14.3 Å². The molecule has 0 aliphatic heterocycles. The number of rotatable bonds is 12. The summed E-state index contributed by atoms with van der Waals surface area (Å²) in [7, 11) is 0. The van der Waals surface area contributed by atoms with E-state index >= 15 is 0 Å². The maximum absolute atomic E-state index is 13.1. The molecule has 6 nitrogen and oxygen atoms in total. The normalized spacial score (nSPS) is 16.3. The van der Waals surface area contributed by atoms with Gasteiger partial charge in [0.15, 0.2) is 0 Å². The van der Waals surface area contributed by atoms with Crippen LogP contribution in [-0.4, -0.2) is 29.7 Å². The summed E-state index contributed by atoms with van der Waals surface area (Å²) in [6.07, 6.45) is 13.3. The molecule has 3 rings (SSSR count). The van der Waals surface area contributed by atoms with Crippen LogP contribution in [0.4, 0.5) is 5.69 Å². The molecule has 2 aliphatic rings. The summed E-state index contributed by atoms with van der Waals surface area (Å²) >= 11 is 0. The summed E-state index contributed by atoms with van der Waals surface area (Å²) in [5.74, 6) is 0.962. The van der Waals surface area contributed by atoms with E-state index in [0.717, 1.165) is 48.2 Å². The van der Waals surface area contributed by atoms with Crippen LogP contribution in [0.1, 0.15) is 76.8 Å². The lowest BCUT2D eigenvalue weighted by Gasteiger charge is -2.24. The van der Waals surface area contributed by atoms with Gasteiger partial charge in [-0.2, -0.15) is 0 Å². The fourth-order valence-corrected chi connectivity index (χ4v) is 4.65. The van der Waals surface area contributed by atoms with Crippen molar-refractivity contribution >= 4 is 17.6 Å². The van der Waals surface area contributed by atoms with Crippen LogP contribution in [0, 0.1) is 19.8 Å². The van der Waals surface area contributed by atoms with E-state index in [1.54, 1.807) is 6.08 Å². The number of carbonyl (C=O) groups is 2. The van der Waals surface area contributed by atoms with Crippen molar-refractivity contribution in [1.82, 2.24) is 0 Å². The molecule has 2 N–H and O–H groups in total. The number of hydrogen-bond donors (Lipinski definition) is 2. The Bertz CT molecular complexity index is 1120. The molecule has 2 aliphatic carbocycles. The number of amides is 1. The van der Waals surface area contributed by atoms with Crippen molar-refractivity contribution in [2.24, 2.45) is 5.92 Å². The molecule has 37 heavy (non-hydrogen) atoms. The Morgan fingerprint density at radius 3 is 2.51 bits per heavy atom. The van der Waals surface area contributed by atoms with Crippen molar-refractivity contribution in [2.45, 2.75) is 85.7 Å². The van der Waals surface area contributed by atoms with E-state index in [4.69, 9.17) is 14.6 Å². The summed E-state index contributed by atoms with van der Waals surface area (Å²) in [5.41, 5.74) is 6.02. The van der Waals surface area contributed by atoms with Crippen LogP contribution in [0.5, 0.6) is 5.75 Å². The average Bonchev–Trinajstić information content (AvgIpc) is 2.85. The molecular formula is C31H41NO5. The average molecular weight is 508 g/mol. The highest BCUT2D eigenvalue weighted by Crippen LogP contribution is 2.31. The van der Waals surface area contributed by atoms with Crippen LogP contribution in [0.2, 0.25) is 0 Å². The second kappa shape index (κ2) is 13.3. The second-order valence-electron chi connectivity index (χ2n) is 10.4. The predicted octanol–water partition coefficient (Wildman–Crippen LogP) is 7.19. The van der Waals surface area contributed by atoms with E-state index in [1.165, 1.54) is 11.1 Å². The van der Waals surface area contributed by atoms with Crippen molar-refractivity contribution in [2.75, 3.05) is 11.9 Å². The first-order chi connectivity index (χ1) is 17.6. The van der Waals surface area contributed by atoms with Gasteiger partial charge < -0.3 is 19.9 Å². The molecule has 0 saturated carbocycles. The second-order valence-corrected chi connectivity index (χ2v) is 10.4. The van der Waals surface area contributed by atoms with Crippen molar-refractivity contribution < 1.29 is 24.2 Å². The van der Waals surface area contributed by atoms with Crippen LogP contribution in [0.3, 0.4) is 0 Å². The van der Waals surface area contributed by atoms with Crippen LogP contribution in [0.15, 0.2) is 58.9 Å². The Labute approximate surface area is 221 Å². The van der Waals surface area contributed by atoms with Gasteiger partial charge in [-0.05, 0) is 100 Å². The molecule has 0 spiro atoms. The molecule has 0 aromatic heterocycles. The van der Waals surface area contributed by atoms with Gasteiger partial charge >= 0.3 is 5.97 Å². The number of aryl methyl sites for hydroxylation is 2. The minimum absolute atomic E-state index is 0.0181. The number of carbonyl (C=O) groups excluding carboxylic acids is 1. The number of nitrogens with one attached hydrogen (secondary N) is 1. The minimum atomic E-state index is -0.856. The monoisotopic (exact) mass is 507 g/mol. The molecule has 6 heteroatoms. The number of allylic oxidation sites excluding steroid dienone is 5. The first kappa shape index (κ1) is 28.3. The molecule has 0 fully saturated rings. The maximum atomic E-state index is 13.1. The first-order valence-corrected chi connectivity index (χ1v) is 13.4. The third kappa shape index (κ3) is 8.38. The maximum Gasteiger partial charge on any atom is 0.303 e. The van der Waals surface area contributed by atoms with E-state index in [1.807, 2.05) is 32.1 Å². The molecule has 0 heterocycles. The predicted molar refractivity (Wildman–Crippen MR) is 148 cm³/mol. The number of benzene rings is 1. The van der Waals surface area contributed by atoms with Crippen molar-refractivity contribution in [3.8, 4) is 5.75 Å². The smallest absolute Gasteiger partial charge is 0.303 e. The Kier molecular flexibility index (Phi) is 10.2. The molecule has 0 saturated heterocycles. The van der Waals surface area contributed by atoms with Crippen LogP contribution < -0.4 is 10.1 Å². The van der Waals surface area contributed by atoms with E-state index in [-0.39, 0.29) is 25.0 Å². The van der Waals surface area contributed by atoms with Crippen LogP contribution >= 0.6 is 0 Å². The molecule has 1 amide bonds. The lowest BCUT2D eigenvalue weighted by molar-refractivity contribution is -0.137. The lowest BCUT2D eigenvalue weighted by atomic mass is 9.90. The molecule has 1 aromatic rings. The van der Waals surface area contributed by atoms with Gasteiger partial charge in [0.05, 0.1) is 12.2 Å². The highest BCUT2D eigenvalue weighted by atomic mass is 16.5. The molecule has 1 unspecified atom stereocenters. The van der Waals surface area contributed by atoms with Gasteiger partial charge in [0.1, 0.15) is 17.6 Å². The van der Waals surface area contributed by atoms with Gasteiger partial charge in [-0.25, -0.2) is 0 Å². The quantitative estimate of drug-likeness (QED) is 0.293. The fraction of sp³-hybridized carbons (Fsp3) is 0.484. The first-order valence-electron chi connectivity index (χ1n) is 13.4. The number of carboxylic acid groups (broad SMARTS) is 1. The van der Waals surface area contributed by atoms with Crippen LogP contribution in [0.25, 0.3) is 0 Å². The Morgan fingerprint density at radius 1 is 1.05 bits per heavy atom. The Balaban J connectivity index is 1.66. The third-order valence-corrected chi connectivity index (χ3v) is 6.73. The van der Waals surface area contributed by atoms with Gasteiger partial charge in [0.2, 0.25) is 0 Å². The minimum Gasteiger partial charge on any atom is -0.493 e. The van der Waals surface area contributed by atoms with E-state index in [0.29, 0.717) is 30.1 Å². The zero-order valence-corrected chi connectivity index (χ0v) is 22.9. The van der Waals surface area contributed by atoms with Crippen molar-refractivity contribution in [3.05, 3.63) is 70.0 Å². The molecule has 1 aromatic carbocycles. The topological polar surface area (TPSA) is 84.9 Å². The van der Waals surface area contributed by atoms with Crippen molar-refractivity contribution in [1.29, 1.82) is 0 Å². The largest absolute Gasteiger partial charge is 0.493 e. The number of carboxylic acids is 1. The summed E-state index contributed by atoms with van der Waals surface area (Å²) in [6.45, 7) is 10.8. The molecule has 1 atom stereocenters. The van der Waals surface area contributed by atoms with Gasteiger partial charge in [-0.3, -0.25) is 9.59 Å². The molecule has 0 radical (unpaired) electrons. The Hall–Kier alpha value is -3.28. The Morgan fingerprint density at radius 2 is 1.84 bits per heavy atom. The third-order valence-electron chi connectivity index (χ3n) is 6.73. The van der Waals surface area contributed by atoms with E-state index in [9.17, 15) is 9.59 Å². The van der Waals surface area contributed by atoms with Gasteiger partial charge in [-0.1, -0.05) is 37.6 Å². The number of hydrogen-bond acceptors (Lipinski definition) is 4. The van der Waals surface area contributed by atoms with Gasteiger partial charge in [0, 0.05) is 12.1 Å². The lowest BCUT2D eigenvalue weighted by Crippen LogP contribution is -2.20. The molecule has 0 bridgehead atoms. The zero-order valence-electron chi connectivity index (χ0n) is 22.9. The summed E-state index contributed by atoms with van der Waals surface area (Å²) in [6, 6.07) is 3.95. The summed E-state index contributed by atoms with van der Waals surface area (Å²) < 4.78 is 12.1. The standard InChI is InChI=1S/C31H41NO5/c1-20(2)17-24-12-14-25(15-13-24)23(5)37-29-19-21(3)27(18-22(29)4)32-31(35)26-9-6-7-10-28(26)36-16-8-11-30(33)34/h7,10,12,14,18-20,23H,6,8-9,11,13,15-17H2,1-5H3,(H,32,35)(H,33,34). The SMILES string of the molecule is Cc1cc(OC(C)C2=CC=C(CC(C)C)CC2)c(C)cc1NC(=O)C1=C(OCCCC(=O)O)C=CCC1. The van der Waals surface area contributed by atoms with Gasteiger partial charge in [0.25, 0.3) is 5.91 Å². The van der Waals surface area contributed by atoms with E-state index in [2.05, 4.69) is 38.2 Å². The molecule has 200 valence electrons.